The van der Waals surface area contributed by atoms with E-state index in [0.29, 0.717) is 0 Å². The normalized spacial score (nSPS) is 11.7. The van der Waals surface area contributed by atoms with Gasteiger partial charge in [-0.25, -0.2) is 4.98 Å². The lowest BCUT2D eigenvalue weighted by molar-refractivity contribution is 0.669. The Morgan fingerprint density at radius 1 is 0.407 bits per heavy atom. The molecule has 0 bridgehead atoms. The fraction of sp³-hybridized carbons (Fsp3) is 0. The fourth-order valence-corrected chi connectivity index (χ4v) is 9.70. The Balaban J connectivity index is 1.21. The molecule has 272 valence electrons. The first-order valence-electron chi connectivity index (χ1n) is 20.5. The van der Waals surface area contributed by atoms with Gasteiger partial charge in [-0.05, 0) is 97.4 Å². The van der Waals surface area contributed by atoms with E-state index in [0.717, 1.165) is 50.0 Å². The van der Waals surface area contributed by atoms with Gasteiger partial charge in [-0.15, -0.1) is 16.4 Å². The van der Waals surface area contributed by atoms with Crippen molar-refractivity contribution >= 4 is 121 Å². The minimum Gasteiger partial charge on any atom is -0.456 e. The zero-order chi connectivity index (χ0) is 39.9. The zero-order valence-electron chi connectivity index (χ0n) is 33.9. The van der Waals surface area contributed by atoms with Crippen molar-refractivity contribution in [2.75, 3.05) is 0 Å². The summed E-state index contributed by atoms with van der Waals surface area (Å²) < 4.78 is 8.78. The second-order valence-electron chi connectivity index (χ2n) is 16.0. The SMILES string of the molecule is Bc1c(B)c(B)c(-c2ccc3c(-c4ccc(-n5c(-c6ccccc6)nc6ccccc65)cc4)c4ccccc4c(-c4cccc5oc6ccccc6c45)c3c2)c(B)c1B. The van der Waals surface area contributed by atoms with Crippen LogP contribution in [0.4, 0.5) is 0 Å². The Labute approximate surface area is 347 Å². The number of rotatable bonds is 5. The Morgan fingerprint density at radius 2 is 1.00 bits per heavy atom. The monoisotopic (exact) mass is 748 g/mol. The number of furan rings is 1. The third-order valence-corrected chi connectivity index (χ3v) is 13.0. The first-order valence-corrected chi connectivity index (χ1v) is 20.5. The molecule has 0 aliphatic heterocycles. The Morgan fingerprint density at radius 3 is 1.76 bits per heavy atom. The van der Waals surface area contributed by atoms with Gasteiger partial charge in [0.25, 0.3) is 0 Å². The maximum Gasteiger partial charge on any atom is 0.145 e. The van der Waals surface area contributed by atoms with E-state index < -0.39 is 0 Å². The predicted molar refractivity (Wildman–Crippen MR) is 266 cm³/mol. The fourth-order valence-electron chi connectivity index (χ4n) is 9.70. The number of hydrogen-bond donors (Lipinski definition) is 0. The molecule has 0 spiro atoms. The van der Waals surface area contributed by atoms with E-state index >= 15 is 0 Å². The lowest BCUT2D eigenvalue weighted by Crippen LogP contribution is -2.55. The highest BCUT2D eigenvalue weighted by atomic mass is 16.3. The molecule has 9 aromatic carbocycles. The molecule has 0 N–H and O–H groups in total. The molecule has 11 rings (SSSR count). The largest absolute Gasteiger partial charge is 0.456 e. The van der Waals surface area contributed by atoms with Crippen LogP contribution in [0.15, 0.2) is 168 Å². The predicted octanol–water partition coefficient (Wildman–Crippen LogP) is 5.19. The molecular weight excluding hydrogens is 711 g/mol. The van der Waals surface area contributed by atoms with Gasteiger partial charge in [-0.3, -0.25) is 4.57 Å². The number of benzene rings is 9. The average molecular weight is 748 g/mol. The lowest BCUT2D eigenvalue weighted by atomic mass is 9.59. The van der Waals surface area contributed by atoms with Crippen molar-refractivity contribution < 1.29 is 4.42 Å². The van der Waals surface area contributed by atoms with E-state index in [-0.39, 0.29) is 0 Å². The van der Waals surface area contributed by atoms with Gasteiger partial charge in [0.2, 0.25) is 0 Å². The van der Waals surface area contributed by atoms with Gasteiger partial charge in [0.15, 0.2) is 0 Å². The molecule has 0 atom stereocenters. The first-order chi connectivity index (χ1) is 28.9. The number of aromatic nitrogens is 2. The molecule has 0 aliphatic rings. The average Bonchev–Trinajstić information content (AvgIpc) is 3.87. The van der Waals surface area contributed by atoms with Gasteiger partial charge in [0.05, 0.1) is 11.0 Å². The van der Waals surface area contributed by atoms with E-state index in [1.807, 2.05) is 0 Å². The molecule has 8 heteroatoms. The maximum atomic E-state index is 6.49. The number of para-hydroxylation sites is 3. The third kappa shape index (κ3) is 5.39. The van der Waals surface area contributed by atoms with Crippen LogP contribution < -0.4 is 27.3 Å². The van der Waals surface area contributed by atoms with E-state index in [4.69, 9.17) is 9.40 Å². The van der Waals surface area contributed by atoms with Crippen LogP contribution in [0.2, 0.25) is 0 Å². The molecule has 0 saturated carbocycles. The topological polar surface area (TPSA) is 31.0 Å². The van der Waals surface area contributed by atoms with E-state index in [1.165, 1.54) is 82.2 Å². The molecule has 59 heavy (non-hydrogen) atoms. The molecule has 0 radical (unpaired) electrons. The second-order valence-corrected chi connectivity index (χ2v) is 16.0. The molecule has 0 fully saturated rings. The molecule has 3 nitrogen and oxygen atoms in total. The summed E-state index contributed by atoms with van der Waals surface area (Å²) in [7, 11) is 11.4. The van der Waals surface area contributed by atoms with E-state index in [1.54, 1.807) is 0 Å². The van der Waals surface area contributed by atoms with Crippen molar-refractivity contribution in [3.63, 3.8) is 0 Å². The van der Waals surface area contributed by atoms with E-state index in [9.17, 15) is 0 Å². The highest BCUT2D eigenvalue weighted by molar-refractivity contribution is 6.68. The van der Waals surface area contributed by atoms with Crippen molar-refractivity contribution in [1.82, 2.24) is 9.55 Å². The van der Waals surface area contributed by atoms with Gasteiger partial charge in [0, 0.05) is 22.0 Å². The highest BCUT2D eigenvalue weighted by Crippen LogP contribution is 2.47. The van der Waals surface area contributed by atoms with Crippen molar-refractivity contribution in [1.29, 1.82) is 0 Å². The molecular formula is C51H37B5N2O. The highest BCUT2D eigenvalue weighted by Gasteiger charge is 2.23. The summed E-state index contributed by atoms with van der Waals surface area (Å²) >= 11 is 0. The molecule has 0 amide bonds. The summed E-state index contributed by atoms with van der Waals surface area (Å²) in [5.41, 5.74) is 20.2. The van der Waals surface area contributed by atoms with E-state index in [2.05, 4.69) is 208 Å². The number of imidazole rings is 1. The van der Waals surface area contributed by atoms with Crippen LogP contribution in [0.25, 0.3) is 105 Å². The summed E-state index contributed by atoms with van der Waals surface area (Å²) in [4.78, 5) is 5.11. The summed E-state index contributed by atoms with van der Waals surface area (Å²) in [6.07, 6.45) is 0. The van der Waals surface area contributed by atoms with Crippen LogP contribution in [0.5, 0.6) is 0 Å². The first kappa shape index (κ1) is 35.3. The third-order valence-electron chi connectivity index (χ3n) is 13.0. The Hall–Kier alpha value is -6.91. The lowest BCUT2D eigenvalue weighted by Gasteiger charge is -2.22. The van der Waals surface area contributed by atoms with Crippen molar-refractivity contribution in [2.45, 2.75) is 0 Å². The standard InChI is InChI=1S/C51H37B5N2O/c52-46-43(47(53)49(55)50(56)48(46)54)30-23-26-34-37(27-30)44(36-16-10-20-41-45(36)35-15-6-9-19-40(35)59-41)33-14-5-4-13-32(33)42(34)28-21-24-31(25-22-28)58-39-18-8-7-17-38(39)57-51(58)29-11-2-1-3-12-29/h1-27H,52-56H2. The minimum absolute atomic E-state index is 0.898. The summed E-state index contributed by atoms with van der Waals surface area (Å²) in [5.74, 6) is 0.931. The quantitative estimate of drug-likeness (QED) is 0.180. The molecule has 0 saturated heterocycles. The van der Waals surface area contributed by atoms with Crippen LogP contribution in [-0.4, -0.2) is 48.8 Å². The number of nitrogens with zero attached hydrogens (tertiary/aromatic N) is 2. The second kappa shape index (κ2) is 13.6. The molecule has 0 aliphatic carbocycles. The minimum atomic E-state index is 0.898. The number of hydrogen-bond acceptors (Lipinski definition) is 2. The molecule has 0 unspecified atom stereocenters. The van der Waals surface area contributed by atoms with Gasteiger partial charge < -0.3 is 4.42 Å². The molecule has 2 aromatic heterocycles. The van der Waals surface area contributed by atoms with Crippen LogP contribution >= 0.6 is 0 Å². The Bertz CT molecular complexity index is 3470. The van der Waals surface area contributed by atoms with Gasteiger partial charge >= 0.3 is 0 Å². The maximum absolute atomic E-state index is 6.49. The van der Waals surface area contributed by atoms with Crippen LogP contribution in [-0.2, 0) is 0 Å². The molecule has 11 aromatic rings. The van der Waals surface area contributed by atoms with Crippen molar-refractivity contribution in [3.05, 3.63) is 164 Å². The summed E-state index contributed by atoms with van der Waals surface area (Å²) in [5, 5.41) is 7.14. The van der Waals surface area contributed by atoms with Crippen LogP contribution in [0, 0.1) is 0 Å². The summed E-state index contributed by atoms with van der Waals surface area (Å²) in [6, 6.07) is 59.0. The number of fused-ring (bicyclic) bond motifs is 6. The zero-order valence-corrected chi connectivity index (χ0v) is 33.9. The van der Waals surface area contributed by atoms with Crippen LogP contribution in [0.3, 0.4) is 0 Å². The van der Waals surface area contributed by atoms with Gasteiger partial charge in [-0.2, -0.15) is 0 Å². The van der Waals surface area contributed by atoms with Crippen molar-refractivity contribution in [2.24, 2.45) is 0 Å². The van der Waals surface area contributed by atoms with Gasteiger partial charge in [-0.1, -0.05) is 132 Å². The smallest absolute Gasteiger partial charge is 0.145 e. The molecule has 2 heterocycles. The summed E-state index contributed by atoms with van der Waals surface area (Å²) in [6.45, 7) is 0. The van der Waals surface area contributed by atoms with Crippen LogP contribution in [0.1, 0.15) is 0 Å². The Kier molecular flexibility index (Phi) is 8.13. The van der Waals surface area contributed by atoms with Crippen molar-refractivity contribution in [3.8, 4) is 50.5 Å². The van der Waals surface area contributed by atoms with Gasteiger partial charge in [0.1, 0.15) is 56.2 Å².